The summed E-state index contributed by atoms with van der Waals surface area (Å²) in [6, 6.07) is 9.76. The molecule has 1 amide bonds. The van der Waals surface area contributed by atoms with Crippen molar-refractivity contribution < 1.29 is 4.79 Å². The highest BCUT2D eigenvalue weighted by molar-refractivity contribution is 5.85. The molecule has 1 rings (SSSR count). The fourth-order valence-electron chi connectivity index (χ4n) is 1.59. The molecule has 102 valence electrons. The van der Waals surface area contributed by atoms with Crippen LogP contribution in [0.15, 0.2) is 30.3 Å². The van der Waals surface area contributed by atoms with Crippen LogP contribution in [0.1, 0.15) is 19.4 Å². The molecular formula is C14H23ClN2O. The van der Waals surface area contributed by atoms with Crippen LogP contribution in [-0.2, 0) is 11.2 Å². The first-order valence-electron chi connectivity index (χ1n) is 6.07. The van der Waals surface area contributed by atoms with Gasteiger partial charge in [0.2, 0.25) is 5.91 Å². The Morgan fingerprint density at radius 2 is 1.83 bits per heavy atom. The quantitative estimate of drug-likeness (QED) is 0.891. The smallest absolute Gasteiger partial charge is 0.239 e. The predicted molar refractivity (Wildman–Crippen MR) is 77.8 cm³/mol. The minimum absolute atomic E-state index is 0. The Hall–Kier alpha value is -1.06. The first-order valence-corrected chi connectivity index (χ1v) is 6.07. The molecule has 1 atom stereocenters. The van der Waals surface area contributed by atoms with Crippen molar-refractivity contribution in [1.29, 1.82) is 0 Å². The van der Waals surface area contributed by atoms with Gasteiger partial charge >= 0.3 is 0 Å². The maximum atomic E-state index is 11.9. The van der Waals surface area contributed by atoms with Crippen molar-refractivity contribution in [3.05, 3.63) is 35.9 Å². The zero-order valence-electron chi connectivity index (χ0n) is 11.3. The van der Waals surface area contributed by atoms with Gasteiger partial charge in [-0.05, 0) is 17.9 Å². The van der Waals surface area contributed by atoms with E-state index in [9.17, 15) is 4.79 Å². The minimum Gasteiger partial charge on any atom is -0.344 e. The van der Waals surface area contributed by atoms with Gasteiger partial charge in [-0.1, -0.05) is 44.2 Å². The molecule has 0 spiro atoms. The summed E-state index contributed by atoms with van der Waals surface area (Å²) in [4.78, 5) is 13.6. The summed E-state index contributed by atoms with van der Waals surface area (Å²) < 4.78 is 0. The average Bonchev–Trinajstić information content (AvgIpc) is 2.35. The lowest BCUT2D eigenvalue weighted by molar-refractivity contribution is -0.132. The van der Waals surface area contributed by atoms with E-state index in [0.717, 1.165) is 6.42 Å². The van der Waals surface area contributed by atoms with Crippen LogP contribution in [0.2, 0.25) is 0 Å². The van der Waals surface area contributed by atoms with E-state index in [1.165, 1.54) is 5.56 Å². The zero-order chi connectivity index (χ0) is 12.8. The summed E-state index contributed by atoms with van der Waals surface area (Å²) in [7, 11) is 1.81. The topological polar surface area (TPSA) is 46.3 Å². The maximum absolute atomic E-state index is 11.9. The number of carbonyl (C=O) groups excluding carboxylic acids is 1. The number of nitrogens with zero attached hydrogens (tertiary/aromatic N) is 1. The molecule has 1 unspecified atom stereocenters. The van der Waals surface area contributed by atoms with Gasteiger partial charge in [-0.15, -0.1) is 12.4 Å². The minimum atomic E-state index is -0.393. The predicted octanol–water partition coefficient (Wildman–Crippen LogP) is 2.09. The summed E-state index contributed by atoms with van der Waals surface area (Å²) >= 11 is 0. The van der Waals surface area contributed by atoms with Crippen molar-refractivity contribution in [1.82, 2.24) is 4.90 Å². The normalized spacial score (nSPS) is 11.8. The highest BCUT2D eigenvalue weighted by Gasteiger charge is 2.20. The second kappa shape index (κ2) is 8.11. The van der Waals surface area contributed by atoms with E-state index in [4.69, 9.17) is 5.73 Å². The Balaban J connectivity index is 0.00000289. The lowest BCUT2D eigenvalue weighted by Gasteiger charge is -2.23. The van der Waals surface area contributed by atoms with Crippen LogP contribution in [0.3, 0.4) is 0 Å². The number of halogens is 1. The third kappa shape index (κ3) is 5.07. The Morgan fingerprint density at radius 3 is 2.33 bits per heavy atom. The molecule has 0 heterocycles. The highest BCUT2D eigenvalue weighted by Crippen LogP contribution is 2.04. The van der Waals surface area contributed by atoms with E-state index < -0.39 is 6.04 Å². The molecule has 0 saturated carbocycles. The Bertz CT molecular complexity index is 354. The maximum Gasteiger partial charge on any atom is 0.239 e. The largest absolute Gasteiger partial charge is 0.344 e. The molecule has 3 nitrogen and oxygen atoms in total. The van der Waals surface area contributed by atoms with Crippen LogP contribution >= 0.6 is 12.4 Å². The van der Waals surface area contributed by atoms with Gasteiger partial charge in [0.15, 0.2) is 0 Å². The molecule has 0 radical (unpaired) electrons. The van der Waals surface area contributed by atoms with Crippen LogP contribution in [0, 0.1) is 5.92 Å². The van der Waals surface area contributed by atoms with Gasteiger partial charge in [-0.25, -0.2) is 0 Å². The molecule has 0 fully saturated rings. The molecule has 0 aromatic heterocycles. The first kappa shape index (κ1) is 16.9. The fraction of sp³-hybridized carbons (Fsp3) is 0.500. The van der Waals surface area contributed by atoms with Crippen LogP contribution < -0.4 is 5.73 Å². The highest BCUT2D eigenvalue weighted by atomic mass is 35.5. The van der Waals surface area contributed by atoms with E-state index in [0.29, 0.717) is 6.54 Å². The summed E-state index contributed by atoms with van der Waals surface area (Å²) in [5, 5.41) is 0. The van der Waals surface area contributed by atoms with Gasteiger partial charge in [-0.3, -0.25) is 4.79 Å². The van der Waals surface area contributed by atoms with Crippen molar-refractivity contribution in [2.24, 2.45) is 11.7 Å². The third-order valence-electron chi connectivity index (χ3n) is 2.96. The van der Waals surface area contributed by atoms with E-state index >= 15 is 0 Å². The molecule has 1 aromatic carbocycles. The number of rotatable bonds is 5. The van der Waals surface area contributed by atoms with Crippen LogP contribution in [0.5, 0.6) is 0 Å². The zero-order valence-corrected chi connectivity index (χ0v) is 12.1. The lowest BCUT2D eigenvalue weighted by atomic mass is 10.0. The fourth-order valence-corrected chi connectivity index (χ4v) is 1.59. The van der Waals surface area contributed by atoms with Gasteiger partial charge in [0.25, 0.3) is 0 Å². The van der Waals surface area contributed by atoms with Gasteiger partial charge in [0.05, 0.1) is 6.04 Å². The van der Waals surface area contributed by atoms with Crippen LogP contribution in [-0.4, -0.2) is 30.4 Å². The SMILES string of the molecule is CC(C)C(N)C(=O)N(C)CCc1ccccc1.Cl. The summed E-state index contributed by atoms with van der Waals surface area (Å²) in [5.74, 6) is 0.206. The number of carbonyl (C=O) groups is 1. The number of benzene rings is 1. The third-order valence-corrected chi connectivity index (χ3v) is 2.96. The van der Waals surface area contributed by atoms with Gasteiger partial charge in [0.1, 0.15) is 0 Å². The molecule has 4 heteroatoms. The van der Waals surface area contributed by atoms with Crippen LogP contribution in [0.4, 0.5) is 0 Å². The number of amides is 1. The van der Waals surface area contributed by atoms with Crippen molar-refractivity contribution in [2.75, 3.05) is 13.6 Å². The number of likely N-dealkylation sites (N-methyl/N-ethyl adjacent to an activating group) is 1. The second-order valence-corrected chi connectivity index (χ2v) is 4.77. The van der Waals surface area contributed by atoms with Gasteiger partial charge in [-0.2, -0.15) is 0 Å². The van der Waals surface area contributed by atoms with E-state index in [-0.39, 0.29) is 24.2 Å². The van der Waals surface area contributed by atoms with Crippen molar-refractivity contribution in [3.8, 4) is 0 Å². The molecule has 0 saturated heterocycles. The molecule has 1 aromatic rings. The molecule has 18 heavy (non-hydrogen) atoms. The van der Waals surface area contributed by atoms with Crippen molar-refractivity contribution in [2.45, 2.75) is 26.3 Å². The van der Waals surface area contributed by atoms with Crippen molar-refractivity contribution >= 4 is 18.3 Å². The Kier molecular flexibility index (Phi) is 7.64. The standard InChI is InChI=1S/C14H22N2O.ClH/c1-11(2)13(15)14(17)16(3)10-9-12-7-5-4-6-8-12;/h4-8,11,13H,9-10,15H2,1-3H3;1H. The number of nitrogens with two attached hydrogens (primary N) is 1. The molecule has 2 N–H and O–H groups in total. The second-order valence-electron chi connectivity index (χ2n) is 4.77. The lowest BCUT2D eigenvalue weighted by Crippen LogP contribution is -2.45. The van der Waals surface area contributed by atoms with Gasteiger partial charge in [0, 0.05) is 13.6 Å². The average molecular weight is 271 g/mol. The Morgan fingerprint density at radius 1 is 1.28 bits per heavy atom. The van der Waals surface area contributed by atoms with E-state index in [2.05, 4.69) is 12.1 Å². The molecule has 0 aliphatic rings. The van der Waals surface area contributed by atoms with Gasteiger partial charge < -0.3 is 10.6 Å². The molecule has 0 bridgehead atoms. The van der Waals surface area contributed by atoms with E-state index in [1.807, 2.05) is 39.1 Å². The molecule has 0 aliphatic carbocycles. The van der Waals surface area contributed by atoms with Crippen LogP contribution in [0.25, 0.3) is 0 Å². The van der Waals surface area contributed by atoms with E-state index in [1.54, 1.807) is 4.90 Å². The number of hydrogen-bond donors (Lipinski definition) is 1. The number of hydrogen-bond acceptors (Lipinski definition) is 2. The summed E-state index contributed by atoms with van der Waals surface area (Å²) in [5.41, 5.74) is 7.08. The summed E-state index contributed by atoms with van der Waals surface area (Å²) in [6.07, 6.45) is 0.869. The Labute approximate surface area is 116 Å². The monoisotopic (exact) mass is 270 g/mol. The molecular weight excluding hydrogens is 248 g/mol. The van der Waals surface area contributed by atoms with Crippen molar-refractivity contribution in [3.63, 3.8) is 0 Å². The summed E-state index contributed by atoms with van der Waals surface area (Å²) in [6.45, 7) is 4.64. The molecule has 0 aliphatic heterocycles. The first-order chi connectivity index (χ1) is 8.02.